The summed E-state index contributed by atoms with van der Waals surface area (Å²) in [6.45, 7) is 3.25. The zero-order chi connectivity index (χ0) is 14.5. The Hall–Kier alpha value is -1.55. The lowest BCUT2D eigenvalue weighted by molar-refractivity contribution is -0.136. The van der Waals surface area contributed by atoms with E-state index in [1.54, 1.807) is 7.11 Å². The maximum absolute atomic E-state index is 10.9. The second kappa shape index (κ2) is 6.75. The van der Waals surface area contributed by atoms with Gasteiger partial charge in [0.2, 0.25) is 0 Å². The van der Waals surface area contributed by atoms with Crippen molar-refractivity contribution in [1.82, 2.24) is 0 Å². The molecule has 0 heterocycles. The van der Waals surface area contributed by atoms with E-state index in [-0.39, 0.29) is 12.5 Å². The molecule has 1 atom stereocenters. The molecule has 0 spiro atoms. The summed E-state index contributed by atoms with van der Waals surface area (Å²) < 4.78 is 5.37. The predicted octanol–water partition coefficient (Wildman–Crippen LogP) is 2.70. The second-order valence-corrected chi connectivity index (χ2v) is 5.48. The van der Waals surface area contributed by atoms with Crippen LogP contribution in [0.1, 0.15) is 24.8 Å². The minimum atomic E-state index is -0.754. The average Bonchev–Trinajstić information content (AvgIpc) is 3.23. The van der Waals surface area contributed by atoms with Crippen molar-refractivity contribution in [3.05, 3.63) is 29.8 Å². The van der Waals surface area contributed by atoms with E-state index < -0.39 is 5.97 Å². The molecule has 1 aromatic rings. The SMILES string of the molecule is COCC(C1CC1)N(CCC(=O)O)c1ccccc1C. The third-order valence-corrected chi connectivity index (χ3v) is 3.90. The molecule has 0 aromatic heterocycles. The first kappa shape index (κ1) is 14.9. The number of benzene rings is 1. The van der Waals surface area contributed by atoms with Crippen LogP contribution in [0, 0.1) is 12.8 Å². The second-order valence-electron chi connectivity index (χ2n) is 5.48. The van der Waals surface area contributed by atoms with Crippen LogP contribution in [0.15, 0.2) is 24.3 Å². The van der Waals surface area contributed by atoms with Gasteiger partial charge in [-0.1, -0.05) is 18.2 Å². The van der Waals surface area contributed by atoms with Crippen LogP contribution in [0.2, 0.25) is 0 Å². The number of nitrogens with zero attached hydrogens (tertiary/aromatic N) is 1. The Morgan fingerprint density at radius 1 is 1.45 bits per heavy atom. The molecular weight excluding hydrogens is 254 g/mol. The van der Waals surface area contributed by atoms with Crippen LogP contribution in [0.3, 0.4) is 0 Å². The lowest BCUT2D eigenvalue weighted by atomic mass is 10.1. The summed E-state index contributed by atoms with van der Waals surface area (Å²) in [5.74, 6) is -0.126. The minimum absolute atomic E-state index is 0.154. The van der Waals surface area contributed by atoms with Crippen molar-refractivity contribution in [2.75, 3.05) is 25.2 Å². The van der Waals surface area contributed by atoms with Gasteiger partial charge in [0.25, 0.3) is 0 Å². The normalized spacial score (nSPS) is 15.9. The van der Waals surface area contributed by atoms with E-state index in [4.69, 9.17) is 9.84 Å². The summed E-state index contributed by atoms with van der Waals surface area (Å²) in [5.41, 5.74) is 2.31. The van der Waals surface area contributed by atoms with E-state index in [1.165, 1.54) is 18.4 Å². The summed E-state index contributed by atoms with van der Waals surface area (Å²) >= 11 is 0. The molecule has 20 heavy (non-hydrogen) atoms. The number of aliphatic carboxylic acids is 1. The smallest absolute Gasteiger partial charge is 0.305 e. The number of carboxylic acid groups (broad SMARTS) is 1. The highest BCUT2D eigenvalue weighted by Gasteiger charge is 2.35. The Bertz CT molecular complexity index is 457. The number of aryl methyl sites for hydroxylation is 1. The van der Waals surface area contributed by atoms with Gasteiger partial charge in [-0.05, 0) is 37.3 Å². The lowest BCUT2D eigenvalue weighted by Gasteiger charge is -2.34. The van der Waals surface area contributed by atoms with Crippen LogP contribution in [-0.2, 0) is 9.53 Å². The van der Waals surface area contributed by atoms with Crippen molar-refractivity contribution >= 4 is 11.7 Å². The monoisotopic (exact) mass is 277 g/mol. The van der Waals surface area contributed by atoms with Crippen LogP contribution in [0.5, 0.6) is 0 Å². The fourth-order valence-corrected chi connectivity index (χ4v) is 2.70. The van der Waals surface area contributed by atoms with Crippen LogP contribution in [0.4, 0.5) is 5.69 Å². The molecule has 110 valence electrons. The standard InChI is InChI=1S/C16H23NO3/c1-12-5-3-4-6-14(12)17(10-9-16(18)19)15(11-20-2)13-7-8-13/h3-6,13,15H,7-11H2,1-2H3,(H,18,19). The molecule has 0 aliphatic heterocycles. The molecule has 1 unspecified atom stereocenters. The summed E-state index contributed by atoms with van der Waals surface area (Å²) in [7, 11) is 1.71. The Morgan fingerprint density at radius 2 is 2.15 bits per heavy atom. The number of hydrogen-bond donors (Lipinski definition) is 1. The number of carbonyl (C=O) groups is 1. The first-order valence-corrected chi connectivity index (χ1v) is 7.16. The van der Waals surface area contributed by atoms with Crippen LogP contribution in [-0.4, -0.2) is 37.4 Å². The predicted molar refractivity (Wildman–Crippen MR) is 79.2 cm³/mol. The van der Waals surface area contributed by atoms with Gasteiger partial charge >= 0.3 is 5.97 Å². The minimum Gasteiger partial charge on any atom is -0.481 e. The molecule has 1 N–H and O–H groups in total. The largest absolute Gasteiger partial charge is 0.481 e. The van der Waals surface area contributed by atoms with E-state index in [0.29, 0.717) is 19.1 Å². The van der Waals surface area contributed by atoms with Crippen LogP contribution < -0.4 is 4.90 Å². The van der Waals surface area contributed by atoms with E-state index in [1.807, 2.05) is 12.1 Å². The maximum Gasteiger partial charge on any atom is 0.305 e. The average molecular weight is 277 g/mol. The molecule has 1 saturated carbocycles. The van der Waals surface area contributed by atoms with Crippen molar-refractivity contribution in [2.45, 2.75) is 32.2 Å². The van der Waals surface area contributed by atoms with E-state index >= 15 is 0 Å². The third-order valence-electron chi connectivity index (χ3n) is 3.90. The summed E-state index contributed by atoms with van der Waals surface area (Å²) in [6, 6.07) is 8.44. The molecule has 4 heteroatoms. The topological polar surface area (TPSA) is 49.8 Å². The van der Waals surface area contributed by atoms with Crippen molar-refractivity contribution in [3.63, 3.8) is 0 Å². The highest BCUT2D eigenvalue weighted by atomic mass is 16.5. The fraction of sp³-hybridized carbons (Fsp3) is 0.562. The zero-order valence-corrected chi connectivity index (χ0v) is 12.2. The molecule has 1 fully saturated rings. The van der Waals surface area contributed by atoms with Crippen LogP contribution in [0.25, 0.3) is 0 Å². The summed E-state index contributed by atoms with van der Waals surface area (Å²) in [5, 5.41) is 8.99. The molecule has 1 aliphatic carbocycles. The Labute approximate surface area is 120 Å². The first-order chi connectivity index (χ1) is 9.63. The van der Waals surface area contributed by atoms with Crippen molar-refractivity contribution < 1.29 is 14.6 Å². The fourth-order valence-electron chi connectivity index (χ4n) is 2.70. The number of para-hydroxylation sites is 1. The van der Waals surface area contributed by atoms with Gasteiger partial charge in [-0.3, -0.25) is 4.79 Å². The van der Waals surface area contributed by atoms with Gasteiger partial charge in [0.15, 0.2) is 0 Å². The van der Waals surface area contributed by atoms with E-state index in [2.05, 4.69) is 24.0 Å². The van der Waals surface area contributed by atoms with Crippen molar-refractivity contribution in [1.29, 1.82) is 0 Å². The number of anilines is 1. The number of ether oxygens (including phenoxy) is 1. The quantitative estimate of drug-likeness (QED) is 0.793. The number of carboxylic acids is 1. The van der Waals surface area contributed by atoms with Crippen LogP contribution >= 0.6 is 0 Å². The first-order valence-electron chi connectivity index (χ1n) is 7.16. The maximum atomic E-state index is 10.9. The zero-order valence-electron chi connectivity index (χ0n) is 12.2. The molecule has 4 nitrogen and oxygen atoms in total. The number of methoxy groups -OCH3 is 1. The van der Waals surface area contributed by atoms with Crippen molar-refractivity contribution in [3.8, 4) is 0 Å². The van der Waals surface area contributed by atoms with Gasteiger partial charge in [0.1, 0.15) is 0 Å². The molecule has 1 aromatic carbocycles. The van der Waals surface area contributed by atoms with Gasteiger partial charge in [-0.25, -0.2) is 0 Å². The highest BCUT2D eigenvalue weighted by molar-refractivity contribution is 5.68. The van der Waals surface area contributed by atoms with E-state index in [9.17, 15) is 4.79 Å². The summed E-state index contributed by atoms with van der Waals surface area (Å²) in [4.78, 5) is 13.2. The van der Waals surface area contributed by atoms with Crippen molar-refractivity contribution in [2.24, 2.45) is 5.92 Å². The van der Waals surface area contributed by atoms with Gasteiger partial charge in [-0.15, -0.1) is 0 Å². The van der Waals surface area contributed by atoms with Gasteiger partial charge in [0, 0.05) is 19.3 Å². The Kier molecular flexibility index (Phi) is 5.01. The molecule has 0 saturated heterocycles. The molecule has 1 aliphatic rings. The molecule has 2 rings (SSSR count). The van der Waals surface area contributed by atoms with Gasteiger partial charge in [0.05, 0.1) is 19.1 Å². The third kappa shape index (κ3) is 3.73. The van der Waals surface area contributed by atoms with Gasteiger partial charge in [-0.2, -0.15) is 0 Å². The Morgan fingerprint density at radius 3 is 2.70 bits per heavy atom. The number of rotatable bonds is 8. The Balaban J connectivity index is 2.22. The summed E-state index contributed by atoms with van der Waals surface area (Å²) in [6.07, 6.45) is 2.58. The molecular formula is C16H23NO3. The van der Waals surface area contributed by atoms with E-state index in [0.717, 1.165) is 5.69 Å². The molecule has 0 radical (unpaired) electrons. The molecule has 0 amide bonds. The van der Waals surface area contributed by atoms with Gasteiger partial charge < -0.3 is 14.7 Å². The molecule has 0 bridgehead atoms. The lowest BCUT2D eigenvalue weighted by Crippen LogP contribution is -2.42. The number of hydrogen-bond acceptors (Lipinski definition) is 3. The highest BCUT2D eigenvalue weighted by Crippen LogP contribution is 2.38.